The molecule has 0 spiro atoms. The molecule has 0 aromatic heterocycles. The van der Waals surface area contributed by atoms with E-state index in [4.69, 9.17) is 9.47 Å². The van der Waals surface area contributed by atoms with E-state index < -0.39 is 5.97 Å². The molecule has 1 aliphatic heterocycles. The molecule has 0 unspecified atom stereocenters. The van der Waals surface area contributed by atoms with Gasteiger partial charge in [-0.25, -0.2) is 4.79 Å². The lowest BCUT2D eigenvalue weighted by molar-refractivity contribution is -0.140. The second-order valence-corrected chi connectivity index (χ2v) is 7.09. The number of amides is 1. The highest BCUT2D eigenvalue weighted by molar-refractivity contribution is 5.91. The fourth-order valence-electron chi connectivity index (χ4n) is 3.43. The van der Waals surface area contributed by atoms with E-state index in [0.717, 1.165) is 44.3 Å². The second kappa shape index (κ2) is 10.2. The molecule has 0 bridgehead atoms. The molecule has 2 rings (SSSR count). The van der Waals surface area contributed by atoms with Gasteiger partial charge in [0.05, 0.1) is 12.2 Å². The zero-order chi connectivity index (χ0) is 18.9. The van der Waals surface area contributed by atoms with Gasteiger partial charge in [0.1, 0.15) is 5.75 Å². The number of carbonyl (C=O) groups is 2. The highest BCUT2D eigenvalue weighted by Gasteiger charge is 2.29. The molecule has 144 valence electrons. The Labute approximate surface area is 156 Å². The van der Waals surface area contributed by atoms with Crippen molar-refractivity contribution in [2.75, 3.05) is 13.2 Å². The summed E-state index contributed by atoms with van der Waals surface area (Å²) in [4.78, 5) is 26.4. The van der Waals surface area contributed by atoms with E-state index in [9.17, 15) is 9.59 Å². The van der Waals surface area contributed by atoms with E-state index in [1.165, 1.54) is 0 Å². The molecule has 1 saturated heterocycles. The summed E-state index contributed by atoms with van der Waals surface area (Å²) in [6, 6.07) is 7.28. The van der Waals surface area contributed by atoms with Crippen LogP contribution in [-0.2, 0) is 9.53 Å². The third-order valence-electron chi connectivity index (χ3n) is 4.91. The van der Waals surface area contributed by atoms with Crippen LogP contribution >= 0.6 is 0 Å². The molecule has 1 amide bonds. The zero-order valence-corrected chi connectivity index (χ0v) is 16.2. The predicted molar refractivity (Wildman–Crippen MR) is 101 cm³/mol. The molecule has 1 aromatic rings. The van der Waals surface area contributed by atoms with Crippen molar-refractivity contribution in [1.82, 2.24) is 4.90 Å². The summed E-state index contributed by atoms with van der Waals surface area (Å²) in [5.41, 5.74) is 0.429. The summed E-state index contributed by atoms with van der Waals surface area (Å²) >= 11 is 0. The summed E-state index contributed by atoms with van der Waals surface area (Å²) < 4.78 is 10.9. The van der Waals surface area contributed by atoms with E-state index in [0.29, 0.717) is 12.2 Å². The largest absolute Gasteiger partial charge is 0.494 e. The minimum Gasteiger partial charge on any atom is -0.494 e. The van der Waals surface area contributed by atoms with Gasteiger partial charge in [-0.2, -0.15) is 0 Å². The molecule has 1 fully saturated rings. The zero-order valence-electron chi connectivity index (χ0n) is 16.2. The van der Waals surface area contributed by atoms with Gasteiger partial charge >= 0.3 is 5.97 Å². The van der Waals surface area contributed by atoms with Crippen molar-refractivity contribution in [1.29, 1.82) is 0 Å². The summed E-state index contributed by atoms with van der Waals surface area (Å²) in [5.74, 6) is 0.145. The van der Waals surface area contributed by atoms with Crippen molar-refractivity contribution in [2.45, 2.75) is 71.4 Å². The summed E-state index contributed by atoms with van der Waals surface area (Å²) in [6.07, 6.45) is 6.47. The number of piperidine rings is 1. The van der Waals surface area contributed by atoms with Crippen LogP contribution in [0.1, 0.15) is 69.7 Å². The van der Waals surface area contributed by atoms with Crippen molar-refractivity contribution < 1.29 is 19.1 Å². The van der Waals surface area contributed by atoms with Crippen LogP contribution in [0.5, 0.6) is 5.75 Å². The van der Waals surface area contributed by atoms with Crippen LogP contribution in [0.15, 0.2) is 24.3 Å². The predicted octanol–water partition coefficient (Wildman–Crippen LogP) is 4.20. The standard InChI is InChI=1S/C21H31NO4/c1-4-5-6-14-25-19-12-10-18(11-13-19)21(24)26-15-20(23)22-16(2)8-7-9-17(22)3/h10-13,16-17H,4-9,14-15H2,1-3H3/t16-,17+. The van der Waals surface area contributed by atoms with Crippen LogP contribution in [0.2, 0.25) is 0 Å². The first-order valence-electron chi connectivity index (χ1n) is 9.74. The SMILES string of the molecule is CCCCCOc1ccc(C(=O)OCC(=O)N2[C@H](C)CCC[C@@H]2C)cc1. The van der Waals surface area contributed by atoms with E-state index >= 15 is 0 Å². The molecule has 5 nitrogen and oxygen atoms in total. The fraction of sp³-hybridized carbons (Fsp3) is 0.619. The van der Waals surface area contributed by atoms with Gasteiger partial charge in [0.15, 0.2) is 6.61 Å². The Morgan fingerprint density at radius 3 is 2.35 bits per heavy atom. The van der Waals surface area contributed by atoms with Crippen LogP contribution in [-0.4, -0.2) is 42.1 Å². The van der Waals surface area contributed by atoms with Crippen molar-refractivity contribution in [3.05, 3.63) is 29.8 Å². The fourth-order valence-corrected chi connectivity index (χ4v) is 3.43. The first-order chi connectivity index (χ1) is 12.5. The van der Waals surface area contributed by atoms with Crippen LogP contribution in [0.3, 0.4) is 0 Å². The van der Waals surface area contributed by atoms with Crippen molar-refractivity contribution >= 4 is 11.9 Å². The average Bonchev–Trinajstić information content (AvgIpc) is 2.63. The molecule has 1 heterocycles. The molecule has 2 atom stereocenters. The molecular weight excluding hydrogens is 330 g/mol. The van der Waals surface area contributed by atoms with Crippen molar-refractivity contribution in [2.24, 2.45) is 0 Å². The van der Waals surface area contributed by atoms with Gasteiger partial charge in [-0.1, -0.05) is 19.8 Å². The first kappa shape index (κ1) is 20.3. The Hall–Kier alpha value is -2.04. The molecule has 0 saturated carbocycles. The van der Waals surface area contributed by atoms with Gasteiger partial charge in [0, 0.05) is 12.1 Å². The van der Waals surface area contributed by atoms with Gasteiger partial charge in [-0.05, 0) is 63.8 Å². The Kier molecular flexibility index (Phi) is 7.95. The lowest BCUT2D eigenvalue weighted by Gasteiger charge is -2.38. The lowest BCUT2D eigenvalue weighted by atomic mass is 9.97. The van der Waals surface area contributed by atoms with Gasteiger partial charge in [-0.15, -0.1) is 0 Å². The second-order valence-electron chi connectivity index (χ2n) is 7.09. The minimum absolute atomic E-state index is 0.117. The molecule has 26 heavy (non-hydrogen) atoms. The number of nitrogens with zero attached hydrogens (tertiary/aromatic N) is 1. The van der Waals surface area contributed by atoms with Crippen LogP contribution < -0.4 is 4.74 Å². The number of carbonyl (C=O) groups excluding carboxylic acids is 2. The van der Waals surface area contributed by atoms with E-state index in [2.05, 4.69) is 20.8 Å². The Morgan fingerprint density at radius 1 is 1.08 bits per heavy atom. The number of hydrogen-bond acceptors (Lipinski definition) is 4. The maximum absolute atomic E-state index is 12.4. The smallest absolute Gasteiger partial charge is 0.338 e. The number of unbranched alkanes of at least 4 members (excludes halogenated alkanes) is 2. The number of ether oxygens (including phenoxy) is 2. The number of benzene rings is 1. The lowest BCUT2D eigenvalue weighted by Crippen LogP contribution is -2.49. The Bertz CT molecular complexity index is 574. The van der Waals surface area contributed by atoms with Gasteiger partial charge in [0.2, 0.25) is 0 Å². The topological polar surface area (TPSA) is 55.8 Å². The highest BCUT2D eigenvalue weighted by atomic mass is 16.5. The van der Waals surface area contributed by atoms with E-state index in [-0.39, 0.29) is 24.6 Å². The molecule has 1 aliphatic rings. The van der Waals surface area contributed by atoms with E-state index in [1.807, 2.05) is 4.90 Å². The first-order valence-corrected chi connectivity index (χ1v) is 9.74. The number of likely N-dealkylation sites (tertiary alicyclic amines) is 1. The molecule has 5 heteroatoms. The average molecular weight is 361 g/mol. The third kappa shape index (κ3) is 5.75. The van der Waals surface area contributed by atoms with Crippen molar-refractivity contribution in [3.8, 4) is 5.75 Å². The third-order valence-corrected chi connectivity index (χ3v) is 4.91. The Balaban J connectivity index is 1.81. The quantitative estimate of drug-likeness (QED) is 0.514. The maximum atomic E-state index is 12.4. The number of hydrogen-bond donors (Lipinski definition) is 0. The van der Waals surface area contributed by atoms with Crippen molar-refractivity contribution in [3.63, 3.8) is 0 Å². The van der Waals surface area contributed by atoms with Crippen LogP contribution in [0.4, 0.5) is 0 Å². The number of esters is 1. The van der Waals surface area contributed by atoms with Gasteiger partial charge in [0.25, 0.3) is 5.91 Å². The van der Waals surface area contributed by atoms with Gasteiger partial charge in [-0.3, -0.25) is 4.79 Å². The summed E-state index contributed by atoms with van der Waals surface area (Å²) in [7, 11) is 0. The van der Waals surface area contributed by atoms with E-state index in [1.54, 1.807) is 24.3 Å². The van der Waals surface area contributed by atoms with Gasteiger partial charge < -0.3 is 14.4 Å². The molecule has 0 N–H and O–H groups in total. The monoisotopic (exact) mass is 361 g/mol. The van der Waals surface area contributed by atoms with Crippen LogP contribution in [0, 0.1) is 0 Å². The molecule has 0 aliphatic carbocycles. The maximum Gasteiger partial charge on any atom is 0.338 e. The normalized spacial score (nSPS) is 19.9. The molecular formula is C21H31NO4. The van der Waals surface area contributed by atoms with Crippen LogP contribution in [0.25, 0.3) is 0 Å². The summed E-state index contributed by atoms with van der Waals surface area (Å²) in [6.45, 7) is 6.72. The summed E-state index contributed by atoms with van der Waals surface area (Å²) in [5, 5.41) is 0. The number of rotatable bonds is 8. The Morgan fingerprint density at radius 2 is 1.73 bits per heavy atom. The molecule has 0 radical (unpaired) electrons. The minimum atomic E-state index is -0.479. The molecule has 1 aromatic carbocycles. The highest BCUT2D eigenvalue weighted by Crippen LogP contribution is 2.22.